The van der Waals surface area contributed by atoms with Crippen LogP contribution < -0.4 is 15.5 Å². The molecule has 0 saturated carbocycles. The summed E-state index contributed by atoms with van der Waals surface area (Å²) in [6, 6.07) is -1.13. The Bertz CT molecular complexity index is 398. The van der Waals surface area contributed by atoms with Gasteiger partial charge < -0.3 is 25.1 Å². The summed E-state index contributed by atoms with van der Waals surface area (Å²) in [5, 5.41) is 23.7. The highest BCUT2D eigenvalue weighted by molar-refractivity contribution is 5.82. The van der Waals surface area contributed by atoms with Crippen molar-refractivity contribution in [2.45, 2.75) is 109 Å². The predicted molar refractivity (Wildman–Crippen MR) is 96.9 cm³/mol. The second-order valence-corrected chi connectivity index (χ2v) is 6.99. The van der Waals surface area contributed by atoms with Gasteiger partial charge in [0.15, 0.2) is 0 Å². The maximum atomic E-state index is 11.8. The van der Waals surface area contributed by atoms with Crippen LogP contribution in [0.4, 0.5) is 0 Å². The Morgan fingerprint density at radius 1 is 0.731 bits per heavy atom. The summed E-state index contributed by atoms with van der Waals surface area (Å²) in [5.74, 6) is -2.92. The molecule has 0 aliphatic heterocycles. The molecule has 0 heterocycles. The van der Waals surface area contributed by atoms with E-state index in [1.54, 1.807) is 0 Å². The van der Waals surface area contributed by atoms with Crippen LogP contribution in [0, 0.1) is 0 Å². The predicted octanol–water partition coefficient (Wildman–Crippen LogP) is 1.84. The molecule has 0 spiro atoms. The minimum absolute atomic E-state index is 0.0420. The lowest BCUT2D eigenvalue weighted by Gasteiger charge is -2.19. The molecular formula is C20H35NO5-2. The van der Waals surface area contributed by atoms with Crippen LogP contribution in [0.1, 0.15) is 103 Å². The van der Waals surface area contributed by atoms with E-state index in [0.717, 1.165) is 19.3 Å². The van der Waals surface area contributed by atoms with E-state index in [1.807, 2.05) is 0 Å². The standard InChI is InChI=1S/C20H37NO5/c1-2-3-4-5-6-7-8-9-10-11-12-15-18(22)21-17(20(25)26)14-13-16-19(23)24/h17H,2-16H2,1H3,(H,21,22)(H,23,24)(H,25,26)/p-2. The lowest BCUT2D eigenvalue weighted by Crippen LogP contribution is -2.47. The largest absolute Gasteiger partial charge is 0.550 e. The van der Waals surface area contributed by atoms with Gasteiger partial charge in [0.25, 0.3) is 0 Å². The monoisotopic (exact) mass is 369 g/mol. The maximum absolute atomic E-state index is 11.8. The molecule has 0 fully saturated rings. The molecule has 1 N–H and O–H groups in total. The van der Waals surface area contributed by atoms with Gasteiger partial charge in [-0.25, -0.2) is 0 Å². The van der Waals surface area contributed by atoms with Gasteiger partial charge >= 0.3 is 0 Å². The van der Waals surface area contributed by atoms with Crippen LogP contribution in [0.3, 0.4) is 0 Å². The molecule has 6 nitrogen and oxygen atoms in total. The number of aliphatic carboxylic acids is 2. The summed E-state index contributed by atoms with van der Waals surface area (Å²) in [6.45, 7) is 2.22. The smallest absolute Gasteiger partial charge is 0.220 e. The number of hydrogen-bond acceptors (Lipinski definition) is 5. The zero-order valence-corrected chi connectivity index (χ0v) is 16.2. The first-order chi connectivity index (χ1) is 12.5. The van der Waals surface area contributed by atoms with E-state index in [0.29, 0.717) is 6.42 Å². The van der Waals surface area contributed by atoms with Crippen molar-refractivity contribution in [1.29, 1.82) is 0 Å². The van der Waals surface area contributed by atoms with Crippen molar-refractivity contribution in [3.8, 4) is 0 Å². The van der Waals surface area contributed by atoms with Gasteiger partial charge in [0.2, 0.25) is 5.91 Å². The van der Waals surface area contributed by atoms with Crippen molar-refractivity contribution in [3.05, 3.63) is 0 Å². The lowest BCUT2D eigenvalue weighted by atomic mass is 10.0. The first-order valence-corrected chi connectivity index (χ1v) is 10.2. The average Bonchev–Trinajstić information content (AvgIpc) is 2.58. The van der Waals surface area contributed by atoms with E-state index in [4.69, 9.17) is 0 Å². The topological polar surface area (TPSA) is 109 Å². The van der Waals surface area contributed by atoms with E-state index in [2.05, 4.69) is 12.2 Å². The van der Waals surface area contributed by atoms with Gasteiger partial charge in [-0.1, -0.05) is 71.1 Å². The van der Waals surface area contributed by atoms with Crippen LogP contribution in [-0.2, 0) is 14.4 Å². The van der Waals surface area contributed by atoms with Crippen LogP contribution >= 0.6 is 0 Å². The van der Waals surface area contributed by atoms with Crippen molar-refractivity contribution in [2.75, 3.05) is 0 Å². The molecule has 0 aliphatic carbocycles. The third-order valence-electron chi connectivity index (χ3n) is 4.50. The van der Waals surface area contributed by atoms with Crippen molar-refractivity contribution >= 4 is 17.8 Å². The molecule has 26 heavy (non-hydrogen) atoms. The number of carboxylic acids is 2. The van der Waals surface area contributed by atoms with Gasteiger partial charge in [-0.15, -0.1) is 0 Å². The fourth-order valence-corrected chi connectivity index (χ4v) is 2.92. The summed E-state index contributed by atoms with van der Waals surface area (Å²) in [7, 11) is 0. The Morgan fingerprint density at radius 3 is 1.69 bits per heavy atom. The molecule has 0 radical (unpaired) electrons. The summed E-state index contributed by atoms with van der Waals surface area (Å²) in [5.41, 5.74) is 0. The summed E-state index contributed by atoms with van der Waals surface area (Å²) < 4.78 is 0. The van der Waals surface area contributed by atoms with Gasteiger partial charge in [-0.3, -0.25) is 4.79 Å². The van der Waals surface area contributed by atoms with Crippen molar-refractivity contribution in [2.24, 2.45) is 0 Å². The quantitative estimate of drug-likeness (QED) is 0.371. The molecule has 0 rings (SSSR count). The van der Waals surface area contributed by atoms with Gasteiger partial charge in [0.1, 0.15) is 0 Å². The molecule has 1 unspecified atom stereocenters. The van der Waals surface area contributed by atoms with Crippen LogP contribution in [-0.4, -0.2) is 23.9 Å². The van der Waals surface area contributed by atoms with Crippen molar-refractivity contribution in [1.82, 2.24) is 5.32 Å². The van der Waals surface area contributed by atoms with Crippen LogP contribution in [0.15, 0.2) is 0 Å². The highest BCUT2D eigenvalue weighted by Crippen LogP contribution is 2.12. The molecule has 0 aromatic rings. The van der Waals surface area contributed by atoms with Gasteiger partial charge in [0, 0.05) is 12.4 Å². The highest BCUT2D eigenvalue weighted by Gasteiger charge is 2.13. The Balaban J connectivity index is 3.61. The van der Waals surface area contributed by atoms with Crippen molar-refractivity contribution < 1.29 is 24.6 Å². The van der Waals surface area contributed by atoms with Gasteiger partial charge in [-0.2, -0.15) is 0 Å². The average molecular weight is 370 g/mol. The van der Waals surface area contributed by atoms with E-state index in [9.17, 15) is 24.6 Å². The van der Waals surface area contributed by atoms with Crippen LogP contribution in [0.25, 0.3) is 0 Å². The number of hydrogen-bond donors (Lipinski definition) is 1. The van der Waals surface area contributed by atoms with Gasteiger partial charge in [0.05, 0.1) is 12.0 Å². The third kappa shape index (κ3) is 15.9. The third-order valence-corrected chi connectivity index (χ3v) is 4.50. The van der Waals surface area contributed by atoms with E-state index >= 15 is 0 Å². The highest BCUT2D eigenvalue weighted by atomic mass is 16.4. The number of rotatable bonds is 18. The summed E-state index contributed by atoms with van der Waals surface area (Å²) in [4.78, 5) is 33.1. The number of unbranched alkanes of at least 4 members (excludes halogenated alkanes) is 10. The zero-order chi connectivity index (χ0) is 19.6. The van der Waals surface area contributed by atoms with Gasteiger partial charge in [-0.05, 0) is 25.7 Å². The minimum Gasteiger partial charge on any atom is -0.550 e. The maximum Gasteiger partial charge on any atom is 0.220 e. The number of carbonyl (C=O) groups is 3. The van der Waals surface area contributed by atoms with E-state index < -0.39 is 18.0 Å². The molecule has 0 bridgehead atoms. The Hall–Kier alpha value is -1.59. The molecule has 1 atom stereocenters. The Morgan fingerprint density at radius 2 is 1.23 bits per heavy atom. The number of carboxylic acid groups (broad SMARTS) is 2. The zero-order valence-electron chi connectivity index (χ0n) is 16.2. The lowest BCUT2D eigenvalue weighted by molar-refractivity contribution is -0.310. The fraction of sp³-hybridized carbons (Fsp3) is 0.850. The summed E-state index contributed by atoms with van der Waals surface area (Å²) >= 11 is 0. The minimum atomic E-state index is -1.38. The second-order valence-electron chi connectivity index (χ2n) is 6.99. The molecule has 0 aliphatic rings. The molecule has 1 amide bonds. The van der Waals surface area contributed by atoms with E-state index in [1.165, 1.54) is 51.4 Å². The number of carbonyl (C=O) groups excluding carboxylic acids is 3. The first-order valence-electron chi connectivity index (χ1n) is 10.2. The molecule has 0 saturated heterocycles. The Kier molecular flexibility index (Phi) is 15.8. The van der Waals surface area contributed by atoms with Crippen LogP contribution in [0.5, 0.6) is 0 Å². The number of amides is 1. The van der Waals surface area contributed by atoms with Crippen LogP contribution in [0.2, 0.25) is 0 Å². The Labute approximate surface area is 157 Å². The number of nitrogens with one attached hydrogen (secondary N) is 1. The molecule has 6 heteroatoms. The second kappa shape index (κ2) is 16.9. The molecule has 152 valence electrons. The molecule has 0 aromatic carbocycles. The fourth-order valence-electron chi connectivity index (χ4n) is 2.92. The van der Waals surface area contributed by atoms with Crippen molar-refractivity contribution in [3.63, 3.8) is 0 Å². The first kappa shape index (κ1) is 24.4. The molecule has 0 aromatic heterocycles. The van der Waals surface area contributed by atoms with E-state index in [-0.39, 0.29) is 25.2 Å². The SMILES string of the molecule is CCCCCCCCCCCCCC(=O)NC(CCCC(=O)[O-])C(=O)[O-]. The normalized spacial score (nSPS) is 11.9. The molecular weight excluding hydrogens is 334 g/mol. The summed E-state index contributed by atoms with van der Waals surface area (Å²) in [6.07, 6.45) is 13.3.